The van der Waals surface area contributed by atoms with Gasteiger partial charge < -0.3 is 5.73 Å². The van der Waals surface area contributed by atoms with E-state index in [0.717, 1.165) is 5.84 Å². The lowest BCUT2D eigenvalue weighted by Gasteiger charge is -2.23. The van der Waals surface area contributed by atoms with Gasteiger partial charge in [-0.25, -0.2) is 0 Å². The Labute approximate surface area is 104 Å². The maximum atomic E-state index is 6.15. The van der Waals surface area contributed by atoms with Crippen LogP contribution in [0.2, 0.25) is 0 Å². The standard InChI is InChI=1S/C15H22N2/c1-15(2,13-10-4-3-5-11-13)17-14(16)12-8-6-7-9-12/h3-5,10-12H,6-9H2,1-2H3,(H2,16,17). The SMILES string of the molecule is CC(C)(N=C(N)C1CCCC1)c1ccccc1. The number of nitrogens with two attached hydrogens (primary N) is 1. The van der Waals surface area contributed by atoms with E-state index in [2.05, 4.69) is 38.1 Å². The lowest BCUT2D eigenvalue weighted by molar-refractivity contribution is 0.546. The molecule has 0 aromatic heterocycles. The van der Waals surface area contributed by atoms with Crippen LogP contribution in [0.4, 0.5) is 0 Å². The Bertz CT molecular complexity index is 387. The van der Waals surface area contributed by atoms with E-state index in [1.54, 1.807) is 0 Å². The highest BCUT2D eigenvalue weighted by Gasteiger charge is 2.24. The quantitative estimate of drug-likeness (QED) is 0.626. The van der Waals surface area contributed by atoms with Gasteiger partial charge in [-0.2, -0.15) is 0 Å². The summed E-state index contributed by atoms with van der Waals surface area (Å²) in [5.74, 6) is 1.36. The Morgan fingerprint density at radius 2 is 1.76 bits per heavy atom. The number of aliphatic imine (C=N–C) groups is 1. The van der Waals surface area contributed by atoms with Gasteiger partial charge in [0.15, 0.2) is 0 Å². The van der Waals surface area contributed by atoms with Crippen molar-refractivity contribution in [1.29, 1.82) is 0 Å². The van der Waals surface area contributed by atoms with E-state index in [0.29, 0.717) is 5.92 Å². The molecule has 0 bridgehead atoms. The highest BCUT2D eigenvalue weighted by molar-refractivity contribution is 5.83. The van der Waals surface area contributed by atoms with Crippen LogP contribution in [0.1, 0.15) is 45.1 Å². The van der Waals surface area contributed by atoms with Crippen molar-refractivity contribution in [2.24, 2.45) is 16.6 Å². The van der Waals surface area contributed by atoms with Crippen LogP contribution >= 0.6 is 0 Å². The molecule has 2 heteroatoms. The minimum atomic E-state index is -0.214. The third-order valence-corrected chi connectivity index (χ3v) is 3.66. The summed E-state index contributed by atoms with van der Waals surface area (Å²) >= 11 is 0. The Morgan fingerprint density at radius 1 is 1.18 bits per heavy atom. The molecule has 0 heterocycles. The minimum absolute atomic E-state index is 0.214. The average molecular weight is 230 g/mol. The molecule has 0 atom stereocenters. The van der Waals surface area contributed by atoms with Gasteiger partial charge in [-0.05, 0) is 32.3 Å². The predicted octanol–water partition coefficient (Wildman–Crippen LogP) is 3.47. The molecule has 1 aromatic rings. The molecule has 92 valence electrons. The van der Waals surface area contributed by atoms with Crippen molar-refractivity contribution in [3.05, 3.63) is 35.9 Å². The van der Waals surface area contributed by atoms with Gasteiger partial charge in [-0.3, -0.25) is 4.99 Å². The molecular weight excluding hydrogens is 208 g/mol. The Balaban J connectivity index is 2.18. The van der Waals surface area contributed by atoms with Crippen LogP contribution in [-0.4, -0.2) is 5.84 Å². The summed E-state index contributed by atoms with van der Waals surface area (Å²) in [4.78, 5) is 4.76. The molecule has 1 aliphatic carbocycles. The van der Waals surface area contributed by atoms with Crippen LogP contribution in [0.15, 0.2) is 35.3 Å². The van der Waals surface area contributed by atoms with Gasteiger partial charge in [0.25, 0.3) is 0 Å². The maximum absolute atomic E-state index is 6.15. The number of hydrogen-bond donors (Lipinski definition) is 1. The Hall–Kier alpha value is -1.31. The van der Waals surface area contributed by atoms with E-state index in [4.69, 9.17) is 10.7 Å². The number of hydrogen-bond acceptors (Lipinski definition) is 1. The molecule has 1 aromatic carbocycles. The fourth-order valence-electron chi connectivity index (χ4n) is 2.55. The molecule has 1 saturated carbocycles. The van der Waals surface area contributed by atoms with Gasteiger partial charge in [0.2, 0.25) is 0 Å². The fraction of sp³-hybridized carbons (Fsp3) is 0.533. The Kier molecular flexibility index (Phi) is 3.51. The maximum Gasteiger partial charge on any atom is 0.0979 e. The van der Waals surface area contributed by atoms with Crippen LogP contribution < -0.4 is 5.73 Å². The summed E-state index contributed by atoms with van der Waals surface area (Å²) in [7, 11) is 0. The van der Waals surface area contributed by atoms with Crippen molar-refractivity contribution in [3.8, 4) is 0 Å². The largest absolute Gasteiger partial charge is 0.387 e. The van der Waals surface area contributed by atoms with Gasteiger partial charge >= 0.3 is 0 Å². The second kappa shape index (κ2) is 4.91. The number of amidine groups is 1. The van der Waals surface area contributed by atoms with Crippen molar-refractivity contribution >= 4 is 5.84 Å². The summed E-state index contributed by atoms with van der Waals surface area (Å²) in [5.41, 5.74) is 7.16. The second-order valence-electron chi connectivity index (χ2n) is 5.44. The molecule has 0 radical (unpaired) electrons. The van der Waals surface area contributed by atoms with Crippen LogP contribution in [0.3, 0.4) is 0 Å². The summed E-state index contributed by atoms with van der Waals surface area (Å²) < 4.78 is 0. The lowest BCUT2D eigenvalue weighted by atomic mass is 9.94. The average Bonchev–Trinajstić information content (AvgIpc) is 2.83. The first-order valence-corrected chi connectivity index (χ1v) is 6.50. The summed E-state index contributed by atoms with van der Waals surface area (Å²) in [5, 5.41) is 0. The molecule has 2 nitrogen and oxygen atoms in total. The zero-order chi connectivity index (χ0) is 12.3. The number of benzene rings is 1. The predicted molar refractivity (Wildman–Crippen MR) is 73.0 cm³/mol. The van der Waals surface area contributed by atoms with Crippen molar-refractivity contribution in [1.82, 2.24) is 0 Å². The first-order valence-electron chi connectivity index (χ1n) is 6.50. The van der Waals surface area contributed by atoms with Crippen molar-refractivity contribution in [2.45, 2.75) is 45.1 Å². The molecule has 0 aliphatic heterocycles. The first-order chi connectivity index (χ1) is 8.09. The monoisotopic (exact) mass is 230 g/mol. The van der Waals surface area contributed by atoms with Crippen molar-refractivity contribution in [3.63, 3.8) is 0 Å². The van der Waals surface area contributed by atoms with E-state index in [-0.39, 0.29) is 5.54 Å². The van der Waals surface area contributed by atoms with Crippen molar-refractivity contribution < 1.29 is 0 Å². The second-order valence-corrected chi connectivity index (χ2v) is 5.44. The van der Waals surface area contributed by atoms with Crippen LogP contribution in [0.25, 0.3) is 0 Å². The number of rotatable bonds is 3. The van der Waals surface area contributed by atoms with E-state index in [9.17, 15) is 0 Å². The fourth-order valence-corrected chi connectivity index (χ4v) is 2.55. The van der Waals surface area contributed by atoms with Crippen molar-refractivity contribution in [2.75, 3.05) is 0 Å². The normalized spacial score (nSPS) is 18.6. The van der Waals surface area contributed by atoms with Gasteiger partial charge in [-0.1, -0.05) is 43.2 Å². The zero-order valence-electron chi connectivity index (χ0n) is 10.8. The molecule has 1 aliphatic rings. The third-order valence-electron chi connectivity index (χ3n) is 3.66. The zero-order valence-corrected chi connectivity index (χ0v) is 10.8. The molecule has 2 N–H and O–H groups in total. The molecule has 17 heavy (non-hydrogen) atoms. The van der Waals surface area contributed by atoms with Gasteiger partial charge in [-0.15, -0.1) is 0 Å². The van der Waals surface area contributed by atoms with E-state index < -0.39 is 0 Å². The number of nitrogens with zero attached hydrogens (tertiary/aromatic N) is 1. The Morgan fingerprint density at radius 3 is 2.35 bits per heavy atom. The molecule has 0 amide bonds. The summed E-state index contributed by atoms with van der Waals surface area (Å²) in [6.07, 6.45) is 5.01. The van der Waals surface area contributed by atoms with E-state index >= 15 is 0 Å². The highest BCUT2D eigenvalue weighted by atomic mass is 14.9. The summed E-state index contributed by atoms with van der Waals surface area (Å²) in [6, 6.07) is 10.4. The van der Waals surface area contributed by atoms with Crippen LogP contribution in [0, 0.1) is 5.92 Å². The molecular formula is C15H22N2. The molecule has 0 saturated heterocycles. The minimum Gasteiger partial charge on any atom is -0.387 e. The van der Waals surface area contributed by atoms with E-state index in [1.165, 1.54) is 31.2 Å². The van der Waals surface area contributed by atoms with Crippen LogP contribution in [0.5, 0.6) is 0 Å². The topological polar surface area (TPSA) is 38.4 Å². The molecule has 0 unspecified atom stereocenters. The van der Waals surface area contributed by atoms with Gasteiger partial charge in [0.05, 0.1) is 11.4 Å². The molecule has 1 fully saturated rings. The van der Waals surface area contributed by atoms with Crippen LogP contribution in [-0.2, 0) is 5.54 Å². The molecule has 2 rings (SSSR count). The molecule has 0 spiro atoms. The first kappa shape index (κ1) is 12.2. The summed E-state index contributed by atoms with van der Waals surface area (Å²) in [6.45, 7) is 4.26. The van der Waals surface area contributed by atoms with E-state index in [1.807, 2.05) is 6.07 Å². The van der Waals surface area contributed by atoms with Gasteiger partial charge in [0, 0.05) is 5.92 Å². The lowest BCUT2D eigenvalue weighted by Crippen LogP contribution is -2.27. The third kappa shape index (κ3) is 2.87. The van der Waals surface area contributed by atoms with Gasteiger partial charge in [0.1, 0.15) is 0 Å². The highest BCUT2D eigenvalue weighted by Crippen LogP contribution is 2.29. The smallest absolute Gasteiger partial charge is 0.0979 e.